The molecule has 1 aromatic rings. The van der Waals surface area contributed by atoms with E-state index in [9.17, 15) is 9.90 Å². The molecule has 19 heavy (non-hydrogen) atoms. The Morgan fingerprint density at radius 1 is 1.32 bits per heavy atom. The number of rotatable bonds is 3. The van der Waals surface area contributed by atoms with Gasteiger partial charge in [0, 0.05) is 11.0 Å². The SMILES string of the molecule is O=C(O)CC1(c2c(O)c(Cl)cc3c2CCCC3)CC1. The first-order chi connectivity index (χ1) is 9.03. The van der Waals surface area contributed by atoms with Crippen molar-refractivity contribution >= 4 is 17.6 Å². The van der Waals surface area contributed by atoms with Gasteiger partial charge in [0.1, 0.15) is 5.75 Å². The van der Waals surface area contributed by atoms with Crippen LogP contribution < -0.4 is 0 Å². The molecular weight excluding hydrogens is 264 g/mol. The van der Waals surface area contributed by atoms with E-state index >= 15 is 0 Å². The number of hydrogen-bond acceptors (Lipinski definition) is 2. The molecule has 0 spiro atoms. The lowest BCUT2D eigenvalue weighted by Crippen LogP contribution is -2.18. The first-order valence-corrected chi connectivity index (χ1v) is 7.17. The topological polar surface area (TPSA) is 57.5 Å². The fourth-order valence-corrected chi connectivity index (χ4v) is 3.61. The molecule has 0 heterocycles. The molecule has 3 rings (SSSR count). The second kappa shape index (κ2) is 4.41. The zero-order valence-electron chi connectivity index (χ0n) is 10.7. The van der Waals surface area contributed by atoms with Crippen LogP contribution in [0.5, 0.6) is 5.75 Å². The van der Waals surface area contributed by atoms with E-state index in [2.05, 4.69) is 0 Å². The molecule has 0 aromatic heterocycles. The molecule has 3 nitrogen and oxygen atoms in total. The largest absolute Gasteiger partial charge is 0.506 e. The van der Waals surface area contributed by atoms with Gasteiger partial charge in [-0.2, -0.15) is 0 Å². The summed E-state index contributed by atoms with van der Waals surface area (Å²) in [6.07, 6.45) is 5.90. The summed E-state index contributed by atoms with van der Waals surface area (Å²) in [4.78, 5) is 11.1. The highest BCUT2D eigenvalue weighted by Crippen LogP contribution is 2.57. The van der Waals surface area contributed by atoms with Gasteiger partial charge in [0.05, 0.1) is 11.4 Å². The number of phenolic OH excluding ortho intramolecular Hbond substituents is 1. The average molecular weight is 281 g/mol. The summed E-state index contributed by atoms with van der Waals surface area (Å²) < 4.78 is 0. The molecule has 0 atom stereocenters. The first kappa shape index (κ1) is 12.8. The number of carbonyl (C=O) groups is 1. The molecule has 0 unspecified atom stereocenters. The number of carboxylic acid groups (broad SMARTS) is 1. The number of benzene rings is 1. The van der Waals surface area contributed by atoms with Crippen LogP contribution in [0.4, 0.5) is 0 Å². The fraction of sp³-hybridized carbons (Fsp3) is 0.533. The van der Waals surface area contributed by atoms with Crippen LogP contribution in [0.2, 0.25) is 5.02 Å². The lowest BCUT2D eigenvalue weighted by Gasteiger charge is -2.26. The van der Waals surface area contributed by atoms with E-state index in [1.165, 1.54) is 5.56 Å². The number of aromatic hydroxyl groups is 1. The zero-order chi connectivity index (χ0) is 13.6. The Balaban J connectivity index is 2.14. The van der Waals surface area contributed by atoms with Crippen molar-refractivity contribution in [3.05, 3.63) is 27.8 Å². The van der Waals surface area contributed by atoms with Crippen molar-refractivity contribution < 1.29 is 15.0 Å². The van der Waals surface area contributed by atoms with Crippen molar-refractivity contribution in [2.75, 3.05) is 0 Å². The monoisotopic (exact) mass is 280 g/mol. The molecule has 0 bridgehead atoms. The number of fused-ring (bicyclic) bond motifs is 1. The van der Waals surface area contributed by atoms with Gasteiger partial charge in [-0.25, -0.2) is 0 Å². The summed E-state index contributed by atoms with van der Waals surface area (Å²) in [6.45, 7) is 0. The van der Waals surface area contributed by atoms with Crippen LogP contribution >= 0.6 is 11.6 Å². The van der Waals surface area contributed by atoms with Gasteiger partial charge in [-0.05, 0) is 55.7 Å². The third kappa shape index (κ3) is 2.10. The Labute approximate surface area is 117 Å². The van der Waals surface area contributed by atoms with Gasteiger partial charge in [-0.3, -0.25) is 4.79 Å². The number of phenols is 1. The Bertz CT molecular complexity index is 547. The standard InChI is InChI=1S/C15H17ClO3/c16-11-7-9-3-1-2-4-10(9)13(14(11)19)15(5-6-15)8-12(17)18/h7,19H,1-6,8H2,(H,17,18). The molecule has 2 aliphatic carbocycles. The zero-order valence-corrected chi connectivity index (χ0v) is 11.5. The summed E-state index contributed by atoms with van der Waals surface area (Å²) in [5, 5.41) is 19.8. The van der Waals surface area contributed by atoms with Crippen molar-refractivity contribution in [2.24, 2.45) is 0 Å². The summed E-state index contributed by atoms with van der Waals surface area (Å²) in [7, 11) is 0. The van der Waals surface area contributed by atoms with Crippen LogP contribution in [0, 0.1) is 0 Å². The van der Waals surface area contributed by atoms with Crippen LogP contribution in [0.3, 0.4) is 0 Å². The van der Waals surface area contributed by atoms with Gasteiger partial charge in [-0.15, -0.1) is 0 Å². The highest BCUT2D eigenvalue weighted by molar-refractivity contribution is 6.32. The first-order valence-electron chi connectivity index (χ1n) is 6.79. The van der Waals surface area contributed by atoms with Crippen molar-refractivity contribution in [3.8, 4) is 5.75 Å². The van der Waals surface area contributed by atoms with Gasteiger partial charge < -0.3 is 10.2 Å². The van der Waals surface area contributed by atoms with Crippen LogP contribution in [0.1, 0.15) is 48.8 Å². The number of carboxylic acids is 1. The van der Waals surface area contributed by atoms with Crippen molar-refractivity contribution in [1.82, 2.24) is 0 Å². The number of aryl methyl sites for hydroxylation is 1. The lowest BCUT2D eigenvalue weighted by molar-refractivity contribution is -0.137. The van der Waals surface area contributed by atoms with Crippen molar-refractivity contribution in [3.63, 3.8) is 0 Å². The molecule has 1 fully saturated rings. The van der Waals surface area contributed by atoms with E-state index in [0.29, 0.717) is 5.02 Å². The summed E-state index contributed by atoms with van der Waals surface area (Å²) in [5.74, 6) is -0.692. The second-order valence-corrected chi connectivity index (χ2v) is 6.18. The molecule has 0 saturated heterocycles. The van der Waals surface area contributed by atoms with E-state index in [1.807, 2.05) is 6.07 Å². The maximum Gasteiger partial charge on any atom is 0.304 e. The van der Waals surface area contributed by atoms with E-state index < -0.39 is 5.97 Å². The number of hydrogen-bond donors (Lipinski definition) is 2. The maximum atomic E-state index is 11.1. The molecule has 0 radical (unpaired) electrons. The Hall–Kier alpha value is -1.22. The Kier molecular flexibility index (Phi) is 2.97. The predicted octanol–water partition coefficient (Wildman–Crippen LogP) is 3.43. The molecular formula is C15H17ClO3. The summed E-state index contributed by atoms with van der Waals surface area (Å²) in [5.41, 5.74) is 2.81. The predicted molar refractivity (Wildman–Crippen MR) is 72.9 cm³/mol. The maximum absolute atomic E-state index is 11.1. The van der Waals surface area contributed by atoms with E-state index in [1.54, 1.807) is 0 Å². The van der Waals surface area contributed by atoms with Gasteiger partial charge in [0.2, 0.25) is 0 Å². The van der Waals surface area contributed by atoms with E-state index in [0.717, 1.165) is 49.7 Å². The molecule has 2 N–H and O–H groups in total. The van der Waals surface area contributed by atoms with Gasteiger partial charge in [0.15, 0.2) is 0 Å². The third-order valence-electron chi connectivity index (χ3n) is 4.45. The quantitative estimate of drug-likeness (QED) is 0.892. The van der Waals surface area contributed by atoms with Crippen LogP contribution in [-0.2, 0) is 23.1 Å². The molecule has 4 heteroatoms. The van der Waals surface area contributed by atoms with E-state index in [4.69, 9.17) is 16.7 Å². The molecule has 0 amide bonds. The second-order valence-electron chi connectivity index (χ2n) is 5.78. The fourth-order valence-electron chi connectivity index (χ4n) is 3.38. The normalized spacial score (nSPS) is 19.8. The van der Waals surface area contributed by atoms with Crippen LogP contribution in [-0.4, -0.2) is 16.2 Å². The van der Waals surface area contributed by atoms with Gasteiger partial charge >= 0.3 is 5.97 Å². The van der Waals surface area contributed by atoms with Gasteiger partial charge in [-0.1, -0.05) is 11.6 Å². The van der Waals surface area contributed by atoms with Crippen molar-refractivity contribution in [2.45, 2.75) is 50.4 Å². The van der Waals surface area contributed by atoms with Crippen molar-refractivity contribution in [1.29, 1.82) is 0 Å². The van der Waals surface area contributed by atoms with Crippen LogP contribution in [0.15, 0.2) is 6.07 Å². The average Bonchev–Trinajstić information content (AvgIpc) is 3.10. The minimum Gasteiger partial charge on any atom is -0.506 e. The summed E-state index contributed by atoms with van der Waals surface area (Å²) >= 11 is 6.12. The molecule has 102 valence electrons. The summed E-state index contributed by atoms with van der Waals surface area (Å²) in [6, 6.07) is 1.85. The highest BCUT2D eigenvalue weighted by atomic mass is 35.5. The smallest absolute Gasteiger partial charge is 0.304 e. The van der Waals surface area contributed by atoms with Crippen LogP contribution in [0.25, 0.3) is 0 Å². The number of aliphatic carboxylic acids is 1. The third-order valence-corrected chi connectivity index (χ3v) is 4.74. The highest BCUT2D eigenvalue weighted by Gasteiger charge is 2.49. The lowest BCUT2D eigenvalue weighted by atomic mass is 9.80. The number of halogens is 1. The minimum absolute atomic E-state index is 0.0906. The van der Waals surface area contributed by atoms with E-state index in [-0.39, 0.29) is 17.6 Å². The molecule has 2 aliphatic rings. The minimum atomic E-state index is -0.804. The Morgan fingerprint density at radius 3 is 2.63 bits per heavy atom. The Morgan fingerprint density at radius 2 is 2.00 bits per heavy atom. The molecule has 1 saturated carbocycles. The molecule has 1 aromatic carbocycles. The molecule has 0 aliphatic heterocycles. The van der Waals surface area contributed by atoms with Gasteiger partial charge in [0.25, 0.3) is 0 Å².